The van der Waals surface area contributed by atoms with Gasteiger partial charge in [-0.15, -0.1) is 10.2 Å². The zero-order valence-electron chi connectivity index (χ0n) is 12.8. The summed E-state index contributed by atoms with van der Waals surface area (Å²) in [5.74, 6) is 1.51. The molecule has 2 aliphatic rings. The Balaban J connectivity index is 1.77. The van der Waals surface area contributed by atoms with E-state index in [4.69, 9.17) is 0 Å². The van der Waals surface area contributed by atoms with Crippen LogP contribution in [0.15, 0.2) is 0 Å². The molecule has 0 amide bonds. The second-order valence-corrected chi connectivity index (χ2v) is 6.74. The van der Waals surface area contributed by atoms with Crippen LogP contribution in [-0.4, -0.2) is 49.8 Å². The molecule has 1 N–H and O–H groups in total. The zero-order chi connectivity index (χ0) is 14.2. The molecule has 20 heavy (non-hydrogen) atoms. The van der Waals surface area contributed by atoms with Gasteiger partial charge in [-0.1, -0.05) is 26.7 Å². The van der Waals surface area contributed by atoms with Gasteiger partial charge in [-0.05, 0) is 24.0 Å². The van der Waals surface area contributed by atoms with Crippen molar-refractivity contribution in [1.29, 1.82) is 0 Å². The van der Waals surface area contributed by atoms with E-state index < -0.39 is 0 Å². The standard InChI is InChI=1S/C14H26N6/c1-11(2)12-8-20(9-13-16-18-19(3)17-13)14(10-15-12)6-4-5-7-14/h11-12,15H,4-10H2,1-3H3. The first-order chi connectivity index (χ1) is 9.59. The van der Waals surface area contributed by atoms with E-state index in [1.54, 1.807) is 4.80 Å². The first kappa shape index (κ1) is 13.9. The summed E-state index contributed by atoms with van der Waals surface area (Å²) < 4.78 is 0. The molecule has 0 radical (unpaired) electrons. The number of piperazine rings is 1. The van der Waals surface area contributed by atoms with Gasteiger partial charge in [-0.3, -0.25) is 4.90 Å². The molecular formula is C14H26N6. The van der Waals surface area contributed by atoms with Gasteiger partial charge in [0.1, 0.15) is 0 Å². The number of nitrogens with one attached hydrogen (secondary N) is 1. The van der Waals surface area contributed by atoms with E-state index in [1.807, 2.05) is 7.05 Å². The lowest BCUT2D eigenvalue weighted by Crippen LogP contribution is -2.64. The zero-order valence-corrected chi connectivity index (χ0v) is 12.8. The van der Waals surface area contributed by atoms with E-state index in [0.29, 0.717) is 17.5 Å². The van der Waals surface area contributed by atoms with Gasteiger partial charge in [-0.2, -0.15) is 4.80 Å². The number of hydrogen-bond acceptors (Lipinski definition) is 5. The number of rotatable bonds is 3. The fraction of sp³-hybridized carbons (Fsp3) is 0.929. The Morgan fingerprint density at radius 3 is 2.70 bits per heavy atom. The molecule has 0 bridgehead atoms. The first-order valence-corrected chi connectivity index (χ1v) is 7.80. The minimum absolute atomic E-state index is 0.324. The monoisotopic (exact) mass is 278 g/mol. The molecule has 1 aromatic rings. The van der Waals surface area contributed by atoms with Crippen molar-refractivity contribution in [2.75, 3.05) is 13.1 Å². The van der Waals surface area contributed by atoms with Gasteiger partial charge in [0.15, 0.2) is 5.82 Å². The number of nitrogens with zero attached hydrogens (tertiary/aromatic N) is 5. The maximum atomic E-state index is 4.36. The molecule has 1 aliphatic carbocycles. The van der Waals surface area contributed by atoms with E-state index in [1.165, 1.54) is 25.7 Å². The summed E-state index contributed by atoms with van der Waals surface area (Å²) >= 11 is 0. The molecule has 1 spiro atoms. The summed E-state index contributed by atoms with van der Waals surface area (Å²) in [5, 5.41) is 16.3. The van der Waals surface area contributed by atoms with Gasteiger partial charge in [-0.25, -0.2) is 0 Å². The van der Waals surface area contributed by atoms with Crippen LogP contribution in [0.5, 0.6) is 0 Å². The molecule has 6 heteroatoms. The van der Waals surface area contributed by atoms with Crippen LogP contribution in [0.25, 0.3) is 0 Å². The molecule has 1 aromatic heterocycles. The summed E-state index contributed by atoms with van der Waals surface area (Å²) in [5.41, 5.74) is 0.324. The van der Waals surface area contributed by atoms with Crippen molar-refractivity contribution in [2.24, 2.45) is 13.0 Å². The van der Waals surface area contributed by atoms with E-state index in [0.717, 1.165) is 25.5 Å². The third kappa shape index (κ3) is 2.59. The van der Waals surface area contributed by atoms with Crippen LogP contribution in [0.4, 0.5) is 0 Å². The minimum Gasteiger partial charge on any atom is -0.311 e. The van der Waals surface area contributed by atoms with Crippen molar-refractivity contribution in [2.45, 2.75) is 57.7 Å². The smallest absolute Gasteiger partial charge is 0.188 e. The van der Waals surface area contributed by atoms with Crippen LogP contribution in [-0.2, 0) is 13.6 Å². The highest BCUT2D eigenvalue weighted by Crippen LogP contribution is 2.38. The highest BCUT2D eigenvalue weighted by Gasteiger charge is 2.44. The lowest BCUT2D eigenvalue weighted by atomic mass is 9.88. The SMILES string of the molecule is CC(C)C1CN(Cc2nnn(C)n2)C2(CCCC2)CN1. The van der Waals surface area contributed by atoms with Crippen LogP contribution < -0.4 is 5.32 Å². The number of aryl methyl sites for hydroxylation is 1. The fourth-order valence-corrected chi connectivity index (χ4v) is 3.69. The number of hydrogen-bond donors (Lipinski definition) is 1. The van der Waals surface area contributed by atoms with Crippen molar-refractivity contribution < 1.29 is 0 Å². The Labute approximate surface area is 120 Å². The molecule has 112 valence electrons. The largest absolute Gasteiger partial charge is 0.311 e. The van der Waals surface area contributed by atoms with Gasteiger partial charge in [0.2, 0.25) is 0 Å². The number of tetrazole rings is 1. The van der Waals surface area contributed by atoms with E-state index in [2.05, 4.69) is 39.5 Å². The lowest BCUT2D eigenvalue weighted by Gasteiger charge is -2.49. The second kappa shape index (κ2) is 5.41. The summed E-state index contributed by atoms with van der Waals surface area (Å²) in [6.07, 6.45) is 5.28. The van der Waals surface area contributed by atoms with Gasteiger partial charge in [0.25, 0.3) is 0 Å². The molecule has 0 aromatic carbocycles. The highest BCUT2D eigenvalue weighted by atomic mass is 15.6. The van der Waals surface area contributed by atoms with Gasteiger partial charge in [0.05, 0.1) is 13.6 Å². The molecular weight excluding hydrogens is 252 g/mol. The van der Waals surface area contributed by atoms with Gasteiger partial charge < -0.3 is 5.32 Å². The molecule has 1 unspecified atom stereocenters. The summed E-state index contributed by atoms with van der Waals surface area (Å²) in [6, 6.07) is 0.567. The number of aromatic nitrogens is 4. The molecule has 1 atom stereocenters. The second-order valence-electron chi connectivity index (χ2n) is 6.74. The Kier molecular flexibility index (Phi) is 3.77. The highest BCUT2D eigenvalue weighted by molar-refractivity contribution is 5.03. The van der Waals surface area contributed by atoms with Crippen LogP contribution >= 0.6 is 0 Å². The summed E-state index contributed by atoms with van der Waals surface area (Å²) in [6.45, 7) is 7.62. The average Bonchev–Trinajstić information content (AvgIpc) is 3.02. The molecule has 6 nitrogen and oxygen atoms in total. The molecule has 1 aliphatic heterocycles. The van der Waals surface area contributed by atoms with Crippen LogP contribution in [0.2, 0.25) is 0 Å². The summed E-state index contributed by atoms with van der Waals surface area (Å²) in [7, 11) is 1.83. The third-order valence-electron chi connectivity index (χ3n) is 5.00. The average molecular weight is 278 g/mol. The Morgan fingerprint density at radius 2 is 2.10 bits per heavy atom. The quantitative estimate of drug-likeness (QED) is 0.892. The van der Waals surface area contributed by atoms with Crippen LogP contribution in [0, 0.1) is 5.92 Å². The predicted octanol–water partition coefficient (Wildman–Crippen LogP) is 0.953. The van der Waals surface area contributed by atoms with Gasteiger partial charge >= 0.3 is 0 Å². The van der Waals surface area contributed by atoms with Crippen LogP contribution in [0.1, 0.15) is 45.4 Å². The Bertz CT molecular complexity index is 448. The molecule has 1 saturated heterocycles. The predicted molar refractivity (Wildman–Crippen MR) is 77.0 cm³/mol. The topological polar surface area (TPSA) is 58.9 Å². The normalized spacial score (nSPS) is 26.7. The van der Waals surface area contributed by atoms with Crippen molar-refractivity contribution in [3.05, 3.63) is 5.82 Å². The maximum Gasteiger partial charge on any atom is 0.188 e. The lowest BCUT2D eigenvalue weighted by molar-refractivity contribution is 0.0240. The fourth-order valence-electron chi connectivity index (χ4n) is 3.69. The van der Waals surface area contributed by atoms with E-state index in [9.17, 15) is 0 Å². The van der Waals surface area contributed by atoms with Crippen LogP contribution in [0.3, 0.4) is 0 Å². The third-order valence-corrected chi connectivity index (χ3v) is 5.00. The van der Waals surface area contributed by atoms with Crippen molar-refractivity contribution >= 4 is 0 Å². The maximum absolute atomic E-state index is 4.36. The molecule has 1 saturated carbocycles. The Hall–Kier alpha value is -1.01. The van der Waals surface area contributed by atoms with Crippen molar-refractivity contribution in [1.82, 2.24) is 30.4 Å². The van der Waals surface area contributed by atoms with Crippen molar-refractivity contribution in [3.8, 4) is 0 Å². The first-order valence-electron chi connectivity index (χ1n) is 7.80. The summed E-state index contributed by atoms with van der Waals surface area (Å²) in [4.78, 5) is 4.18. The molecule has 2 heterocycles. The Morgan fingerprint density at radius 1 is 1.35 bits per heavy atom. The molecule has 3 rings (SSSR count). The van der Waals surface area contributed by atoms with Gasteiger partial charge in [0, 0.05) is 24.7 Å². The minimum atomic E-state index is 0.324. The van der Waals surface area contributed by atoms with Crippen molar-refractivity contribution in [3.63, 3.8) is 0 Å². The van der Waals surface area contributed by atoms with E-state index in [-0.39, 0.29) is 0 Å². The molecule has 2 fully saturated rings. The van der Waals surface area contributed by atoms with E-state index >= 15 is 0 Å².